The summed E-state index contributed by atoms with van der Waals surface area (Å²) in [5.41, 5.74) is 4.47. The third kappa shape index (κ3) is 3.57. The van der Waals surface area contributed by atoms with Crippen LogP contribution < -0.4 is 11.1 Å². The highest BCUT2D eigenvalue weighted by Crippen LogP contribution is 2.38. The average Bonchev–Trinajstić information content (AvgIpc) is 3.41. The number of nitrogens with one attached hydrogen (secondary N) is 1. The SMILES string of the molecule is N=c1oc2ccccc2cc1-c1cc(-c2ccccc2)c2c3nnn4c(S)nnc4c3c(=O)nc2n1-c1ccccc1. The van der Waals surface area contributed by atoms with Crippen LogP contribution in [0.3, 0.4) is 0 Å². The van der Waals surface area contributed by atoms with E-state index in [0.29, 0.717) is 33.4 Å². The first-order valence-electron chi connectivity index (χ1n) is 13.0. The first-order chi connectivity index (χ1) is 20.6. The highest BCUT2D eigenvalue weighted by Gasteiger charge is 2.24. The van der Waals surface area contributed by atoms with E-state index in [2.05, 4.69) is 38.1 Å². The van der Waals surface area contributed by atoms with Crippen molar-refractivity contribution in [1.82, 2.24) is 34.6 Å². The van der Waals surface area contributed by atoms with Gasteiger partial charge in [0.05, 0.1) is 16.6 Å². The minimum absolute atomic E-state index is 0.0221. The Morgan fingerprint density at radius 2 is 1.50 bits per heavy atom. The van der Waals surface area contributed by atoms with Gasteiger partial charge in [-0.05, 0) is 41.5 Å². The molecule has 0 bridgehead atoms. The monoisotopic (exact) mass is 566 g/mol. The number of para-hydroxylation sites is 2. The molecule has 0 aliphatic carbocycles. The van der Waals surface area contributed by atoms with E-state index in [9.17, 15) is 4.79 Å². The van der Waals surface area contributed by atoms with Crippen LogP contribution in [0.2, 0.25) is 0 Å². The quantitative estimate of drug-likeness (QED) is 0.222. The molecule has 3 aromatic carbocycles. The smallest absolute Gasteiger partial charge is 0.285 e. The third-order valence-electron chi connectivity index (χ3n) is 7.25. The summed E-state index contributed by atoms with van der Waals surface area (Å²) >= 11 is 4.30. The van der Waals surface area contributed by atoms with Crippen molar-refractivity contribution in [2.24, 2.45) is 0 Å². The number of benzene rings is 3. The predicted molar refractivity (Wildman–Crippen MR) is 161 cm³/mol. The van der Waals surface area contributed by atoms with Crippen LogP contribution in [0.5, 0.6) is 0 Å². The molecule has 10 nitrogen and oxygen atoms in total. The predicted octanol–water partition coefficient (Wildman–Crippen LogP) is 5.22. The minimum atomic E-state index is -0.534. The fraction of sp³-hybridized carbons (Fsp3) is 0. The Morgan fingerprint density at radius 3 is 2.31 bits per heavy atom. The van der Waals surface area contributed by atoms with Gasteiger partial charge in [-0.15, -0.1) is 27.9 Å². The number of hydrogen-bond donors (Lipinski definition) is 2. The molecule has 0 aliphatic heterocycles. The van der Waals surface area contributed by atoms with E-state index in [0.717, 1.165) is 22.2 Å². The topological polar surface area (TPSA) is 128 Å². The molecule has 0 saturated carbocycles. The molecule has 0 radical (unpaired) electrons. The second-order valence-electron chi connectivity index (χ2n) is 9.67. The zero-order chi connectivity index (χ0) is 28.4. The summed E-state index contributed by atoms with van der Waals surface area (Å²) in [4.78, 5) is 18.4. The summed E-state index contributed by atoms with van der Waals surface area (Å²) in [6.45, 7) is 0. The summed E-state index contributed by atoms with van der Waals surface area (Å²) in [6, 6.07) is 30.8. The molecule has 11 heteroatoms. The maximum Gasteiger partial charge on any atom is 0.285 e. The zero-order valence-corrected chi connectivity index (χ0v) is 22.5. The van der Waals surface area contributed by atoms with E-state index in [-0.39, 0.29) is 21.7 Å². The molecular formula is C31H18N8O2S. The van der Waals surface area contributed by atoms with Crippen LogP contribution in [0, 0.1) is 5.41 Å². The van der Waals surface area contributed by atoms with E-state index >= 15 is 0 Å². The van der Waals surface area contributed by atoms with Crippen molar-refractivity contribution in [2.45, 2.75) is 5.16 Å². The van der Waals surface area contributed by atoms with Crippen molar-refractivity contribution in [1.29, 1.82) is 5.41 Å². The standard InChI is InChI=1S/C31H18N8O2S/c32-27-21(15-18-11-7-8-14-23(18)41-27)22-16-20(17-9-3-1-4-10-17)24-26-25(29-35-36-31(42)39(29)37-34-26)30(40)33-28(24)38(22)19-12-5-2-6-13-19/h1-16,32H,(H,36,42). The summed E-state index contributed by atoms with van der Waals surface area (Å²) in [5.74, 6) is 0. The van der Waals surface area contributed by atoms with Crippen LogP contribution in [0.15, 0.2) is 111 Å². The van der Waals surface area contributed by atoms with Crippen molar-refractivity contribution in [3.63, 3.8) is 0 Å². The lowest BCUT2D eigenvalue weighted by molar-refractivity contribution is 0.535. The van der Waals surface area contributed by atoms with Crippen molar-refractivity contribution < 1.29 is 4.42 Å². The molecule has 0 spiro atoms. The van der Waals surface area contributed by atoms with Crippen LogP contribution >= 0.6 is 12.6 Å². The summed E-state index contributed by atoms with van der Waals surface area (Å²) < 4.78 is 9.14. The molecule has 1 N–H and O–H groups in total. The second kappa shape index (κ2) is 9.18. The Morgan fingerprint density at radius 1 is 0.762 bits per heavy atom. The van der Waals surface area contributed by atoms with Crippen LogP contribution in [0.25, 0.3) is 66.6 Å². The van der Waals surface area contributed by atoms with Gasteiger partial charge in [-0.1, -0.05) is 71.9 Å². The van der Waals surface area contributed by atoms with E-state index in [1.165, 1.54) is 4.52 Å². The van der Waals surface area contributed by atoms with Gasteiger partial charge in [0.25, 0.3) is 5.56 Å². The summed E-state index contributed by atoms with van der Waals surface area (Å²) in [5, 5.41) is 27.6. The van der Waals surface area contributed by atoms with Gasteiger partial charge in [-0.25, -0.2) is 0 Å². The van der Waals surface area contributed by atoms with Gasteiger partial charge in [0, 0.05) is 11.1 Å². The molecule has 0 fully saturated rings. The van der Waals surface area contributed by atoms with Gasteiger partial charge in [-0.2, -0.15) is 9.50 Å². The Balaban J connectivity index is 1.62. The second-order valence-corrected chi connectivity index (χ2v) is 10.1. The third-order valence-corrected chi connectivity index (χ3v) is 7.53. The van der Waals surface area contributed by atoms with E-state index in [1.807, 2.05) is 102 Å². The fourth-order valence-corrected chi connectivity index (χ4v) is 5.57. The Labute approximate surface area is 241 Å². The average molecular weight is 567 g/mol. The van der Waals surface area contributed by atoms with Crippen LogP contribution in [0.4, 0.5) is 0 Å². The Hall–Kier alpha value is -5.68. The van der Waals surface area contributed by atoms with Crippen molar-refractivity contribution >= 4 is 51.2 Å². The first-order valence-corrected chi connectivity index (χ1v) is 13.4. The molecular weight excluding hydrogens is 548 g/mol. The largest absolute Gasteiger partial charge is 0.438 e. The van der Waals surface area contributed by atoms with Crippen molar-refractivity contribution in [3.8, 4) is 28.1 Å². The van der Waals surface area contributed by atoms with Gasteiger partial charge in [0.1, 0.15) is 16.5 Å². The van der Waals surface area contributed by atoms with Gasteiger partial charge >= 0.3 is 0 Å². The zero-order valence-electron chi connectivity index (χ0n) is 21.6. The van der Waals surface area contributed by atoms with E-state index < -0.39 is 5.56 Å². The highest BCUT2D eigenvalue weighted by molar-refractivity contribution is 7.80. The molecule has 0 amide bonds. The first kappa shape index (κ1) is 24.1. The van der Waals surface area contributed by atoms with Gasteiger partial charge < -0.3 is 4.42 Å². The molecule has 0 aliphatic rings. The maximum atomic E-state index is 13.8. The van der Waals surface area contributed by atoms with Crippen LogP contribution in [-0.4, -0.2) is 34.6 Å². The molecule has 5 heterocycles. The number of thiol groups is 1. The Bertz CT molecular complexity index is 2470. The summed E-state index contributed by atoms with van der Waals surface area (Å²) in [6.07, 6.45) is 0. The van der Waals surface area contributed by atoms with E-state index in [1.54, 1.807) is 0 Å². The number of rotatable bonds is 3. The van der Waals surface area contributed by atoms with E-state index in [4.69, 9.17) is 9.83 Å². The Kier molecular flexibility index (Phi) is 5.28. The van der Waals surface area contributed by atoms with Crippen LogP contribution in [0.1, 0.15) is 0 Å². The maximum absolute atomic E-state index is 13.8. The molecule has 8 aromatic rings. The number of hydrogen-bond acceptors (Lipinski definition) is 9. The van der Waals surface area contributed by atoms with Crippen molar-refractivity contribution in [3.05, 3.63) is 113 Å². The molecule has 200 valence electrons. The van der Waals surface area contributed by atoms with Gasteiger partial charge in [-0.3, -0.25) is 14.8 Å². The lowest BCUT2D eigenvalue weighted by atomic mass is 9.97. The van der Waals surface area contributed by atoms with Crippen LogP contribution in [-0.2, 0) is 0 Å². The lowest BCUT2D eigenvalue weighted by Crippen LogP contribution is -2.17. The molecule has 0 atom stereocenters. The molecule has 8 rings (SSSR count). The van der Waals surface area contributed by atoms with Crippen molar-refractivity contribution in [2.75, 3.05) is 0 Å². The fourth-order valence-electron chi connectivity index (χ4n) is 5.39. The molecule has 5 aromatic heterocycles. The number of fused-ring (bicyclic) bond motifs is 6. The normalized spacial score (nSPS) is 11.6. The number of nitrogens with zero attached hydrogens (tertiary/aromatic N) is 7. The molecule has 0 saturated heterocycles. The molecule has 0 unspecified atom stereocenters. The molecule has 42 heavy (non-hydrogen) atoms. The highest BCUT2D eigenvalue weighted by atomic mass is 32.1. The summed E-state index contributed by atoms with van der Waals surface area (Å²) in [7, 11) is 0. The minimum Gasteiger partial charge on any atom is -0.438 e. The van der Waals surface area contributed by atoms with Gasteiger partial charge in [0.15, 0.2) is 11.3 Å². The number of aromatic nitrogens is 7. The lowest BCUT2D eigenvalue weighted by Gasteiger charge is -2.20. The van der Waals surface area contributed by atoms with Gasteiger partial charge in [0.2, 0.25) is 10.7 Å². The number of pyridine rings is 2.